The molecule has 2 N–H and O–H groups in total. The van der Waals surface area contributed by atoms with Crippen molar-refractivity contribution in [1.82, 2.24) is 9.97 Å². The maximum Gasteiger partial charge on any atom is 0.340 e. The fourth-order valence-corrected chi connectivity index (χ4v) is 2.88. The van der Waals surface area contributed by atoms with E-state index in [9.17, 15) is 4.79 Å². The van der Waals surface area contributed by atoms with Crippen LogP contribution >= 0.6 is 0 Å². The van der Waals surface area contributed by atoms with Crippen molar-refractivity contribution in [3.8, 4) is 11.5 Å². The Morgan fingerprint density at radius 3 is 2.79 bits per heavy atom. The molecule has 4 rings (SSSR count). The minimum Gasteiger partial charge on any atom is -0.462 e. The van der Waals surface area contributed by atoms with Crippen LogP contribution in [-0.2, 0) is 11.3 Å². The maximum absolute atomic E-state index is 12.1. The van der Waals surface area contributed by atoms with Crippen LogP contribution in [0.4, 0.5) is 17.3 Å². The SMILES string of the molecule is CCOC(=O)c1ccccc1Nc1cc(NCc2ccc3c(c2)OCO3)ncn1. The number of hydrogen-bond donors (Lipinski definition) is 2. The van der Waals surface area contributed by atoms with E-state index in [0.29, 0.717) is 36.0 Å². The van der Waals surface area contributed by atoms with Gasteiger partial charge in [0.05, 0.1) is 17.9 Å². The van der Waals surface area contributed by atoms with E-state index in [4.69, 9.17) is 14.2 Å². The van der Waals surface area contributed by atoms with Crippen molar-refractivity contribution in [2.45, 2.75) is 13.5 Å². The number of carbonyl (C=O) groups excluding carboxylic acids is 1. The molecule has 0 unspecified atom stereocenters. The summed E-state index contributed by atoms with van der Waals surface area (Å²) in [5, 5.41) is 6.41. The summed E-state index contributed by atoms with van der Waals surface area (Å²) in [6.45, 7) is 2.90. The third-order valence-electron chi connectivity index (χ3n) is 4.26. The molecule has 8 heteroatoms. The van der Waals surface area contributed by atoms with Crippen LogP contribution in [0.1, 0.15) is 22.8 Å². The third-order valence-corrected chi connectivity index (χ3v) is 4.26. The average molecular weight is 392 g/mol. The second-order valence-electron chi connectivity index (χ2n) is 6.22. The highest BCUT2D eigenvalue weighted by molar-refractivity contribution is 5.96. The molecule has 2 aromatic carbocycles. The summed E-state index contributed by atoms with van der Waals surface area (Å²) >= 11 is 0. The number of hydrogen-bond acceptors (Lipinski definition) is 8. The topological polar surface area (TPSA) is 94.6 Å². The van der Waals surface area contributed by atoms with Crippen LogP contribution in [0, 0.1) is 0 Å². The minimum atomic E-state index is -0.384. The molecule has 0 bridgehead atoms. The normalized spacial score (nSPS) is 11.8. The summed E-state index contributed by atoms with van der Waals surface area (Å²) in [5.74, 6) is 2.32. The van der Waals surface area contributed by atoms with E-state index < -0.39 is 0 Å². The molecule has 1 aliphatic heterocycles. The second kappa shape index (κ2) is 8.47. The molecule has 1 aliphatic rings. The first-order chi connectivity index (χ1) is 14.2. The summed E-state index contributed by atoms with van der Waals surface area (Å²) in [6, 6.07) is 14.7. The van der Waals surface area contributed by atoms with Gasteiger partial charge in [-0.1, -0.05) is 18.2 Å². The Bertz CT molecular complexity index is 1030. The quantitative estimate of drug-likeness (QED) is 0.587. The fraction of sp³-hybridized carbons (Fsp3) is 0.190. The number of esters is 1. The van der Waals surface area contributed by atoms with Crippen LogP contribution in [0.5, 0.6) is 11.5 Å². The number of para-hydroxylation sites is 1. The highest BCUT2D eigenvalue weighted by atomic mass is 16.7. The van der Waals surface area contributed by atoms with Gasteiger partial charge in [-0.2, -0.15) is 0 Å². The second-order valence-corrected chi connectivity index (χ2v) is 6.22. The molecule has 0 atom stereocenters. The molecule has 0 amide bonds. The molecule has 1 aromatic heterocycles. The van der Waals surface area contributed by atoms with E-state index in [1.54, 1.807) is 31.2 Å². The molecular formula is C21H20N4O4. The molecule has 148 valence electrons. The van der Waals surface area contributed by atoms with Gasteiger partial charge in [0.25, 0.3) is 0 Å². The first-order valence-corrected chi connectivity index (χ1v) is 9.20. The summed E-state index contributed by atoms with van der Waals surface area (Å²) < 4.78 is 15.8. The summed E-state index contributed by atoms with van der Waals surface area (Å²) in [4.78, 5) is 20.6. The predicted octanol–water partition coefficient (Wildman–Crippen LogP) is 3.74. The zero-order valence-electron chi connectivity index (χ0n) is 15.8. The minimum absolute atomic E-state index is 0.250. The van der Waals surface area contributed by atoms with Crippen LogP contribution < -0.4 is 20.1 Å². The van der Waals surface area contributed by atoms with E-state index in [2.05, 4.69) is 20.6 Å². The molecule has 0 aliphatic carbocycles. The Balaban J connectivity index is 1.45. The number of fused-ring (bicyclic) bond motifs is 1. The lowest BCUT2D eigenvalue weighted by molar-refractivity contribution is 0.0527. The Morgan fingerprint density at radius 2 is 1.90 bits per heavy atom. The Morgan fingerprint density at radius 1 is 1.07 bits per heavy atom. The highest BCUT2D eigenvalue weighted by Crippen LogP contribution is 2.32. The summed E-state index contributed by atoms with van der Waals surface area (Å²) in [6.07, 6.45) is 1.46. The molecule has 0 saturated heterocycles. The molecule has 3 aromatic rings. The van der Waals surface area contributed by atoms with Gasteiger partial charge in [-0.05, 0) is 36.8 Å². The summed E-state index contributed by atoms with van der Waals surface area (Å²) in [5.41, 5.74) is 2.10. The van der Waals surface area contributed by atoms with Gasteiger partial charge in [-0.15, -0.1) is 0 Å². The Hall–Kier alpha value is -3.81. The van der Waals surface area contributed by atoms with E-state index in [1.165, 1.54) is 6.33 Å². The number of benzene rings is 2. The lowest BCUT2D eigenvalue weighted by Gasteiger charge is -2.12. The van der Waals surface area contributed by atoms with Crippen molar-refractivity contribution in [3.05, 3.63) is 66.0 Å². The van der Waals surface area contributed by atoms with E-state index in [0.717, 1.165) is 17.1 Å². The zero-order chi connectivity index (χ0) is 20.1. The number of aromatic nitrogens is 2. The van der Waals surface area contributed by atoms with Crippen LogP contribution in [0.15, 0.2) is 54.9 Å². The van der Waals surface area contributed by atoms with Gasteiger partial charge in [0, 0.05) is 12.6 Å². The van der Waals surface area contributed by atoms with Crippen LogP contribution in [0.25, 0.3) is 0 Å². The first-order valence-electron chi connectivity index (χ1n) is 9.20. The van der Waals surface area contributed by atoms with E-state index >= 15 is 0 Å². The molecule has 0 spiro atoms. The molecule has 2 heterocycles. The average Bonchev–Trinajstić information content (AvgIpc) is 3.21. The van der Waals surface area contributed by atoms with Crippen LogP contribution in [0.2, 0.25) is 0 Å². The lowest BCUT2D eigenvalue weighted by atomic mass is 10.2. The number of nitrogens with zero attached hydrogens (tertiary/aromatic N) is 2. The monoisotopic (exact) mass is 392 g/mol. The van der Waals surface area contributed by atoms with Crippen molar-refractivity contribution in [3.63, 3.8) is 0 Å². The van der Waals surface area contributed by atoms with Gasteiger partial charge in [0.15, 0.2) is 11.5 Å². The Kier molecular flexibility index (Phi) is 5.42. The van der Waals surface area contributed by atoms with Gasteiger partial charge in [0.2, 0.25) is 6.79 Å². The third kappa shape index (κ3) is 4.37. The van der Waals surface area contributed by atoms with Crippen molar-refractivity contribution in [2.75, 3.05) is 24.0 Å². The number of rotatable bonds is 7. The molecule has 0 radical (unpaired) electrons. The van der Waals surface area contributed by atoms with Gasteiger partial charge in [-0.25, -0.2) is 14.8 Å². The van der Waals surface area contributed by atoms with E-state index in [-0.39, 0.29) is 12.8 Å². The van der Waals surface area contributed by atoms with Crippen molar-refractivity contribution >= 4 is 23.3 Å². The van der Waals surface area contributed by atoms with Gasteiger partial charge in [0.1, 0.15) is 18.0 Å². The fourth-order valence-electron chi connectivity index (χ4n) is 2.88. The standard InChI is InChI=1S/C21H20N4O4/c1-2-27-21(26)15-5-3-4-6-16(15)25-20-10-19(23-12-24-20)22-11-14-7-8-17-18(9-14)29-13-28-17/h3-10,12H,2,11,13H2,1H3,(H2,22,23,24,25). The van der Waals surface area contributed by atoms with Crippen molar-refractivity contribution in [2.24, 2.45) is 0 Å². The molecule has 8 nitrogen and oxygen atoms in total. The van der Waals surface area contributed by atoms with Gasteiger partial charge >= 0.3 is 5.97 Å². The smallest absolute Gasteiger partial charge is 0.340 e. The molecule has 29 heavy (non-hydrogen) atoms. The first kappa shape index (κ1) is 18.5. The van der Waals surface area contributed by atoms with Crippen molar-refractivity contribution in [1.29, 1.82) is 0 Å². The number of anilines is 3. The van der Waals surface area contributed by atoms with Crippen molar-refractivity contribution < 1.29 is 19.0 Å². The molecule has 0 saturated carbocycles. The molecular weight excluding hydrogens is 372 g/mol. The lowest BCUT2D eigenvalue weighted by Crippen LogP contribution is -2.08. The van der Waals surface area contributed by atoms with E-state index in [1.807, 2.05) is 24.3 Å². The highest BCUT2D eigenvalue weighted by Gasteiger charge is 2.14. The summed E-state index contributed by atoms with van der Waals surface area (Å²) in [7, 11) is 0. The van der Waals surface area contributed by atoms with Crippen LogP contribution in [0.3, 0.4) is 0 Å². The molecule has 0 fully saturated rings. The van der Waals surface area contributed by atoms with Crippen LogP contribution in [-0.4, -0.2) is 29.3 Å². The Labute approximate surface area is 167 Å². The maximum atomic E-state index is 12.1. The van der Waals surface area contributed by atoms with Gasteiger partial charge in [-0.3, -0.25) is 0 Å². The number of carbonyl (C=O) groups is 1. The predicted molar refractivity (Wildman–Crippen MR) is 108 cm³/mol. The zero-order valence-corrected chi connectivity index (χ0v) is 15.8. The van der Waals surface area contributed by atoms with Gasteiger partial charge < -0.3 is 24.8 Å². The largest absolute Gasteiger partial charge is 0.462 e. The number of ether oxygens (including phenoxy) is 3. The number of nitrogens with one attached hydrogen (secondary N) is 2.